The monoisotopic (exact) mass is 185 g/mol. The Labute approximate surface area is 66.7 Å². The maximum atomic E-state index is 7.88. The molecule has 1 heterocycles. The van der Waals surface area contributed by atoms with E-state index in [1.165, 1.54) is 0 Å². The van der Waals surface area contributed by atoms with Gasteiger partial charge in [0, 0.05) is 6.20 Å². The van der Waals surface area contributed by atoms with Crippen LogP contribution in [-0.4, -0.2) is 4.98 Å². The van der Waals surface area contributed by atoms with Gasteiger partial charge in [-0.3, -0.25) is 4.98 Å². The van der Waals surface area contributed by atoms with Gasteiger partial charge in [0.1, 0.15) is 0 Å². The molecule has 0 aliphatic heterocycles. The second kappa shape index (κ2) is 5.92. The van der Waals surface area contributed by atoms with Gasteiger partial charge in [-0.05, 0) is 12.1 Å². The van der Waals surface area contributed by atoms with E-state index in [-0.39, 0.29) is 0 Å². The zero-order valence-corrected chi connectivity index (χ0v) is 6.31. The van der Waals surface area contributed by atoms with E-state index >= 15 is 0 Å². The molecule has 0 spiro atoms. The summed E-state index contributed by atoms with van der Waals surface area (Å²) in [7, 11) is 0. The Morgan fingerprint density at radius 1 is 1.44 bits per heavy atom. The summed E-state index contributed by atoms with van der Waals surface area (Å²) in [4.78, 5) is 3.84. The molecule has 9 heavy (non-hydrogen) atoms. The van der Waals surface area contributed by atoms with E-state index < -0.39 is 0 Å². The normalized spacial score (nSPS) is 7.44. The molecule has 0 aliphatic carbocycles. The van der Waals surface area contributed by atoms with Gasteiger partial charge in [-0.15, -0.1) is 12.6 Å². The van der Waals surface area contributed by atoms with E-state index in [1.54, 1.807) is 6.20 Å². The van der Waals surface area contributed by atoms with Crippen LogP contribution in [0.3, 0.4) is 0 Å². The standard InChI is InChI=1S/C5H5NS.Ni.O/c7-5-3-1-2-4-6-5;;/h1-4H,(H,6,7);;. The fourth-order valence-corrected chi connectivity index (χ4v) is 0.506. The van der Waals surface area contributed by atoms with Crippen LogP contribution >= 0.6 is 12.6 Å². The van der Waals surface area contributed by atoms with Crippen molar-refractivity contribution in [2.45, 2.75) is 5.03 Å². The quantitative estimate of drug-likeness (QED) is 0.487. The van der Waals surface area contributed by atoms with Crippen molar-refractivity contribution < 1.29 is 19.3 Å². The molecule has 0 radical (unpaired) electrons. The van der Waals surface area contributed by atoms with Crippen molar-refractivity contribution in [1.82, 2.24) is 4.98 Å². The number of pyridine rings is 1. The van der Waals surface area contributed by atoms with Gasteiger partial charge in [0.2, 0.25) is 0 Å². The SMILES string of the molecule is Sc1ccccn1.[O]=[Ni]. The Hall–Kier alpha value is -0.206. The summed E-state index contributed by atoms with van der Waals surface area (Å²) in [5.41, 5.74) is 0. The molecule has 1 aromatic rings. The van der Waals surface area contributed by atoms with Crippen molar-refractivity contribution in [3.05, 3.63) is 24.4 Å². The first-order valence-electron chi connectivity index (χ1n) is 2.12. The van der Waals surface area contributed by atoms with E-state index in [0.717, 1.165) is 5.03 Å². The molecule has 52 valence electrons. The van der Waals surface area contributed by atoms with E-state index in [0.29, 0.717) is 0 Å². The molecule has 0 bridgehead atoms. The Bertz CT molecular complexity index is 158. The van der Waals surface area contributed by atoms with Crippen molar-refractivity contribution in [3.8, 4) is 0 Å². The maximum absolute atomic E-state index is 7.88. The Kier molecular flexibility index (Phi) is 5.79. The van der Waals surface area contributed by atoms with E-state index in [4.69, 9.17) is 3.90 Å². The summed E-state index contributed by atoms with van der Waals surface area (Å²) in [5, 5.41) is 0.766. The minimum atomic E-state index is 0.766. The predicted octanol–water partition coefficient (Wildman–Crippen LogP) is 1.25. The third-order valence-corrected chi connectivity index (χ3v) is 0.914. The summed E-state index contributed by atoms with van der Waals surface area (Å²) in [6.45, 7) is 0. The topological polar surface area (TPSA) is 30.0 Å². The van der Waals surface area contributed by atoms with Crippen LogP contribution in [-0.2, 0) is 19.3 Å². The van der Waals surface area contributed by atoms with Gasteiger partial charge in [-0.1, -0.05) is 6.07 Å². The molecular formula is C5H5NNiOS. The fourth-order valence-electron chi connectivity index (χ4n) is 0.354. The molecule has 0 saturated heterocycles. The van der Waals surface area contributed by atoms with Gasteiger partial charge in [-0.25, -0.2) is 0 Å². The van der Waals surface area contributed by atoms with Crippen molar-refractivity contribution >= 4 is 12.6 Å². The first-order valence-corrected chi connectivity index (χ1v) is 2.97. The molecule has 0 amide bonds. The van der Waals surface area contributed by atoms with Crippen molar-refractivity contribution in [1.29, 1.82) is 0 Å². The zero-order chi connectivity index (χ0) is 7.11. The average Bonchev–Trinajstić information content (AvgIpc) is 1.94. The number of rotatable bonds is 0. The first-order chi connectivity index (χ1) is 4.39. The summed E-state index contributed by atoms with van der Waals surface area (Å²) >= 11 is 6.60. The van der Waals surface area contributed by atoms with E-state index in [2.05, 4.69) is 33.0 Å². The molecule has 0 aromatic carbocycles. The van der Waals surface area contributed by atoms with Crippen LogP contribution in [0.15, 0.2) is 29.4 Å². The van der Waals surface area contributed by atoms with Crippen molar-refractivity contribution in [2.24, 2.45) is 0 Å². The third kappa shape index (κ3) is 4.31. The summed E-state index contributed by atoms with van der Waals surface area (Å²) in [5.74, 6) is 0. The van der Waals surface area contributed by atoms with Gasteiger partial charge in [0.05, 0.1) is 5.03 Å². The number of hydrogen-bond donors (Lipinski definition) is 1. The minimum absolute atomic E-state index is 0.766. The Balaban J connectivity index is 0.000000291. The molecule has 1 rings (SSSR count). The Morgan fingerprint density at radius 3 is 2.33 bits per heavy atom. The van der Waals surface area contributed by atoms with E-state index in [9.17, 15) is 0 Å². The number of aromatic nitrogens is 1. The Morgan fingerprint density at radius 2 is 2.11 bits per heavy atom. The molecule has 0 fully saturated rings. The molecule has 1 aromatic heterocycles. The molecule has 2 nitrogen and oxygen atoms in total. The van der Waals surface area contributed by atoms with Crippen LogP contribution in [0.25, 0.3) is 0 Å². The van der Waals surface area contributed by atoms with Crippen molar-refractivity contribution in [3.63, 3.8) is 0 Å². The molecule has 0 saturated carbocycles. The van der Waals surface area contributed by atoms with Gasteiger partial charge in [-0.2, -0.15) is 0 Å². The second-order valence-electron chi connectivity index (χ2n) is 1.19. The van der Waals surface area contributed by atoms with Gasteiger partial charge >= 0.3 is 19.3 Å². The van der Waals surface area contributed by atoms with Crippen LogP contribution in [0.4, 0.5) is 0 Å². The van der Waals surface area contributed by atoms with Crippen LogP contribution in [0, 0.1) is 0 Å². The zero-order valence-electron chi connectivity index (χ0n) is 4.43. The van der Waals surface area contributed by atoms with Crippen molar-refractivity contribution in [2.75, 3.05) is 0 Å². The number of hydrogen-bond acceptors (Lipinski definition) is 3. The summed E-state index contributed by atoms with van der Waals surface area (Å²) in [6.07, 6.45) is 1.71. The molecule has 0 atom stereocenters. The summed E-state index contributed by atoms with van der Waals surface area (Å²) < 4.78 is 7.88. The molecule has 0 aliphatic rings. The second-order valence-corrected chi connectivity index (χ2v) is 1.65. The molecule has 4 heteroatoms. The average molecular weight is 186 g/mol. The van der Waals surface area contributed by atoms with Crippen LogP contribution in [0.1, 0.15) is 0 Å². The first kappa shape index (κ1) is 8.79. The number of thiol groups is 1. The fraction of sp³-hybridized carbons (Fsp3) is 0. The van der Waals surface area contributed by atoms with Crippen LogP contribution in [0.2, 0.25) is 0 Å². The van der Waals surface area contributed by atoms with Gasteiger partial charge < -0.3 is 0 Å². The molecule has 0 N–H and O–H groups in total. The summed E-state index contributed by atoms with van der Waals surface area (Å²) in [6, 6.07) is 5.60. The van der Waals surface area contributed by atoms with E-state index in [1.807, 2.05) is 18.2 Å². The molecular weight excluding hydrogens is 181 g/mol. The van der Waals surface area contributed by atoms with Gasteiger partial charge in [0.25, 0.3) is 0 Å². The predicted molar refractivity (Wildman–Crippen MR) is 32.2 cm³/mol. The molecule has 0 unspecified atom stereocenters. The van der Waals surface area contributed by atoms with Crippen LogP contribution in [0.5, 0.6) is 0 Å². The van der Waals surface area contributed by atoms with Gasteiger partial charge in [0.15, 0.2) is 0 Å². The number of nitrogens with zero attached hydrogens (tertiary/aromatic N) is 1. The van der Waals surface area contributed by atoms with Crippen LogP contribution < -0.4 is 0 Å². The third-order valence-electron chi connectivity index (χ3n) is 0.649.